The first-order chi connectivity index (χ1) is 10.0. The van der Waals surface area contributed by atoms with Gasteiger partial charge in [-0.15, -0.1) is 0 Å². The molecule has 0 saturated heterocycles. The summed E-state index contributed by atoms with van der Waals surface area (Å²) in [5.41, 5.74) is 2.81. The van der Waals surface area contributed by atoms with Crippen LogP contribution in [0.3, 0.4) is 0 Å². The highest BCUT2D eigenvalue weighted by Crippen LogP contribution is 2.16. The second-order valence-electron chi connectivity index (χ2n) is 4.49. The van der Waals surface area contributed by atoms with Crippen molar-refractivity contribution in [1.29, 1.82) is 0 Å². The third kappa shape index (κ3) is 3.81. The molecule has 1 N–H and O–H groups in total. The van der Waals surface area contributed by atoms with Gasteiger partial charge in [0.2, 0.25) is 0 Å². The fraction of sp³-hybridized carbons (Fsp3) is 0.125. The molecule has 108 valence electrons. The van der Waals surface area contributed by atoms with Gasteiger partial charge in [-0.25, -0.2) is 4.79 Å². The second kappa shape index (κ2) is 6.71. The van der Waals surface area contributed by atoms with Gasteiger partial charge in [0.1, 0.15) is 0 Å². The molecule has 0 aliphatic heterocycles. The van der Waals surface area contributed by atoms with Gasteiger partial charge in [0.25, 0.3) is 5.91 Å². The monoisotopic (exact) mass is 395 g/mol. The van der Waals surface area contributed by atoms with Gasteiger partial charge < -0.3 is 10.1 Å². The van der Waals surface area contributed by atoms with Gasteiger partial charge in [0.05, 0.1) is 12.7 Å². The van der Waals surface area contributed by atoms with Crippen LogP contribution in [0.1, 0.15) is 26.3 Å². The molecule has 0 spiro atoms. The number of nitrogens with one attached hydrogen (secondary N) is 1. The summed E-state index contributed by atoms with van der Waals surface area (Å²) in [4.78, 5) is 23.5. The van der Waals surface area contributed by atoms with Crippen molar-refractivity contribution in [3.8, 4) is 0 Å². The van der Waals surface area contributed by atoms with Crippen LogP contribution in [0.5, 0.6) is 0 Å². The minimum atomic E-state index is -0.402. The van der Waals surface area contributed by atoms with Gasteiger partial charge in [0, 0.05) is 14.8 Å². The van der Waals surface area contributed by atoms with Gasteiger partial charge in [-0.05, 0) is 71.5 Å². The van der Waals surface area contributed by atoms with Crippen molar-refractivity contribution in [2.75, 3.05) is 12.4 Å². The second-order valence-corrected chi connectivity index (χ2v) is 5.65. The third-order valence-corrected chi connectivity index (χ3v) is 4.16. The summed E-state index contributed by atoms with van der Waals surface area (Å²) in [7, 11) is 1.33. The predicted octanol–water partition coefficient (Wildman–Crippen LogP) is 3.64. The van der Waals surface area contributed by atoms with Crippen LogP contribution < -0.4 is 5.32 Å². The molecule has 4 nitrogen and oxygen atoms in total. The number of anilines is 1. The number of ether oxygens (including phenoxy) is 1. The molecule has 0 aliphatic rings. The van der Waals surface area contributed by atoms with Gasteiger partial charge in [-0.1, -0.05) is 6.07 Å². The molecular weight excluding hydrogens is 381 g/mol. The van der Waals surface area contributed by atoms with Crippen molar-refractivity contribution >= 4 is 40.2 Å². The normalized spacial score (nSPS) is 10.0. The molecule has 2 aromatic carbocycles. The first-order valence-electron chi connectivity index (χ1n) is 6.27. The SMILES string of the molecule is COC(=O)c1ccc(NC(=O)c2ccc(C)c(I)c2)cc1. The Labute approximate surface area is 136 Å². The molecule has 0 saturated carbocycles. The van der Waals surface area contributed by atoms with E-state index in [0.29, 0.717) is 16.8 Å². The van der Waals surface area contributed by atoms with Crippen LogP contribution >= 0.6 is 22.6 Å². The van der Waals surface area contributed by atoms with E-state index in [4.69, 9.17) is 0 Å². The number of carbonyl (C=O) groups excluding carboxylic acids is 2. The van der Waals surface area contributed by atoms with E-state index in [2.05, 4.69) is 32.6 Å². The smallest absolute Gasteiger partial charge is 0.337 e. The van der Waals surface area contributed by atoms with Crippen LogP contribution in [0.4, 0.5) is 5.69 Å². The van der Waals surface area contributed by atoms with Crippen LogP contribution in [-0.4, -0.2) is 19.0 Å². The van der Waals surface area contributed by atoms with Crippen molar-refractivity contribution in [3.05, 3.63) is 62.7 Å². The zero-order valence-corrected chi connectivity index (χ0v) is 13.8. The van der Waals surface area contributed by atoms with Crippen molar-refractivity contribution in [1.82, 2.24) is 0 Å². The third-order valence-electron chi connectivity index (χ3n) is 3.00. The summed E-state index contributed by atoms with van der Waals surface area (Å²) < 4.78 is 5.67. The maximum absolute atomic E-state index is 12.1. The minimum absolute atomic E-state index is 0.182. The van der Waals surface area contributed by atoms with Crippen LogP contribution in [0.25, 0.3) is 0 Å². The molecule has 0 radical (unpaired) electrons. The van der Waals surface area contributed by atoms with E-state index in [1.54, 1.807) is 30.3 Å². The maximum atomic E-state index is 12.1. The maximum Gasteiger partial charge on any atom is 0.337 e. The number of hydrogen-bond donors (Lipinski definition) is 1. The number of aryl methyl sites for hydroxylation is 1. The Morgan fingerprint density at radius 3 is 2.24 bits per heavy atom. The molecule has 0 heterocycles. The lowest BCUT2D eigenvalue weighted by Gasteiger charge is -2.07. The molecule has 1 amide bonds. The van der Waals surface area contributed by atoms with Gasteiger partial charge >= 0.3 is 5.97 Å². The Balaban J connectivity index is 2.12. The first kappa shape index (κ1) is 15.5. The summed E-state index contributed by atoms with van der Waals surface area (Å²) in [6, 6.07) is 12.1. The van der Waals surface area contributed by atoms with Crippen LogP contribution in [0, 0.1) is 10.5 Å². The van der Waals surface area contributed by atoms with Gasteiger partial charge in [-0.2, -0.15) is 0 Å². The largest absolute Gasteiger partial charge is 0.465 e. The molecular formula is C16H14INO3. The highest BCUT2D eigenvalue weighted by molar-refractivity contribution is 14.1. The number of hydrogen-bond acceptors (Lipinski definition) is 3. The standard InChI is InChI=1S/C16H14INO3/c1-10-3-4-12(9-14(10)17)15(19)18-13-7-5-11(6-8-13)16(20)21-2/h3-9H,1-2H3,(H,18,19). The van der Waals surface area contributed by atoms with Crippen LogP contribution in [-0.2, 0) is 4.74 Å². The summed E-state index contributed by atoms with van der Waals surface area (Å²) in [6.45, 7) is 2.00. The topological polar surface area (TPSA) is 55.4 Å². The Bertz CT molecular complexity index is 680. The van der Waals surface area contributed by atoms with E-state index in [1.165, 1.54) is 7.11 Å². The molecule has 5 heteroatoms. The number of benzene rings is 2. The lowest BCUT2D eigenvalue weighted by molar-refractivity contribution is 0.0600. The zero-order valence-electron chi connectivity index (χ0n) is 11.6. The number of rotatable bonds is 3. The van der Waals surface area contributed by atoms with Gasteiger partial charge in [0.15, 0.2) is 0 Å². The number of halogens is 1. The summed E-state index contributed by atoms with van der Waals surface area (Å²) >= 11 is 2.20. The van der Waals surface area contributed by atoms with Gasteiger partial charge in [-0.3, -0.25) is 4.79 Å². The fourth-order valence-electron chi connectivity index (χ4n) is 1.74. The number of carbonyl (C=O) groups is 2. The fourth-order valence-corrected chi connectivity index (χ4v) is 2.26. The molecule has 0 fully saturated rings. The van der Waals surface area contributed by atoms with Crippen molar-refractivity contribution in [2.45, 2.75) is 6.92 Å². The predicted molar refractivity (Wildman–Crippen MR) is 89.6 cm³/mol. The number of esters is 1. The van der Waals surface area contributed by atoms with E-state index in [9.17, 15) is 9.59 Å². The molecule has 2 rings (SSSR count). The molecule has 2 aromatic rings. The molecule has 0 aliphatic carbocycles. The summed E-state index contributed by atoms with van der Waals surface area (Å²) in [5.74, 6) is -0.584. The molecule has 0 bridgehead atoms. The lowest BCUT2D eigenvalue weighted by Crippen LogP contribution is -2.12. The number of amides is 1. The van der Waals surface area contributed by atoms with E-state index >= 15 is 0 Å². The lowest BCUT2D eigenvalue weighted by atomic mass is 10.1. The Hall–Kier alpha value is -1.89. The van der Waals surface area contributed by atoms with E-state index in [1.807, 2.05) is 19.1 Å². The van der Waals surface area contributed by atoms with Crippen molar-refractivity contribution < 1.29 is 14.3 Å². The average Bonchev–Trinajstić information content (AvgIpc) is 2.50. The van der Waals surface area contributed by atoms with E-state index in [0.717, 1.165) is 9.13 Å². The molecule has 0 unspecified atom stereocenters. The Kier molecular flexibility index (Phi) is 4.95. The molecule has 0 atom stereocenters. The summed E-state index contributed by atoms with van der Waals surface area (Å²) in [6.07, 6.45) is 0. The van der Waals surface area contributed by atoms with Crippen LogP contribution in [0.15, 0.2) is 42.5 Å². The number of methoxy groups -OCH3 is 1. The first-order valence-corrected chi connectivity index (χ1v) is 7.35. The highest BCUT2D eigenvalue weighted by atomic mass is 127. The Morgan fingerprint density at radius 1 is 1.05 bits per heavy atom. The van der Waals surface area contributed by atoms with E-state index < -0.39 is 5.97 Å². The molecule has 0 aromatic heterocycles. The van der Waals surface area contributed by atoms with Crippen LogP contribution in [0.2, 0.25) is 0 Å². The van der Waals surface area contributed by atoms with Crippen molar-refractivity contribution in [3.63, 3.8) is 0 Å². The Morgan fingerprint density at radius 2 is 1.67 bits per heavy atom. The average molecular weight is 395 g/mol. The quantitative estimate of drug-likeness (QED) is 0.638. The minimum Gasteiger partial charge on any atom is -0.465 e. The highest BCUT2D eigenvalue weighted by Gasteiger charge is 2.09. The van der Waals surface area contributed by atoms with E-state index in [-0.39, 0.29) is 5.91 Å². The summed E-state index contributed by atoms with van der Waals surface area (Å²) in [5, 5.41) is 2.79. The zero-order chi connectivity index (χ0) is 15.4. The van der Waals surface area contributed by atoms with Crippen molar-refractivity contribution in [2.24, 2.45) is 0 Å². The molecule has 21 heavy (non-hydrogen) atoms.